The highest BCUT2D eigenvalue weighted by Crippen LogP contribution is 2.31. The minimum atomic E-state index is 0.655. The van der Waals surface area contributed by atoms with Crippen LogP contribution < -0.4 is 4.90 Å². The monoisotopic (exact) mass is 230 g/mol. The first-order valence-corrected chi connectivity index (χ1v) is 6.90. The van der Waals surface area contributed by atoms with E-state index in [9.17, 15) is 0 Å². The van der Waals surface area contributed by atoms with Crippen LogP contribution in [0.15, 0.2) is 24.3 Å². The highest BCUT2D eigenvalue weighted by molar-refractivity contribution is 5.48. The first kappa shape index (κ1) is 11.1. The Hall–Kier alpha value is -1.02. The predicted octanol–water partition coefficient (Wildman–Crippen LogP) is 3.05. The third-order valence-corrected chi connectivity index (χ3v) is 4.27. The Morgan fingerprint density at radius 1 is 0.941 bits per heavy atom. The maximum absolute atomic E-state index is 2.50. The molecule has 2 aliphatic rings. The molecule has 17 heavy (non-hydrogen) atoms. The van der Waals surface area contributed by atoms with E-state index in [1.54, 1.807) is 0 Å². The Balaban J connectivity index is 1.75. The average Bonchev–Trinajstić information content (AvgIpc) is 3.00. The largest absolute Gasteiger partial charge is 0.372 e. The number of nitrogens with zero attached hydrogens (tertiary/aromatic N) is 2. The van der Waals surface area contributed by atoms with Crippen molar-refractivity contribution in [1.82, 2.24) is 4.90 Å². The molecule has 2 nitrogen and oxygen atoms in total. The van der Waals surface area contributed by atoms with Crippen LogP contribution in [0.2, 0.25) is 0 Å². The fourth-order valence-corrected chi connectivity index (χ4v) is 3.21. The number of hydrogen-bond donors (Lipinski definition) is 0. The molecule has 2 fully saturated rings. The molecule has 0 saturated carbocycles. The zero-order chi connectivity index (χ0) is 11.7. The molecule has 2 saturated heterocycles. The van der Waals surface area contributed by atoms with E-state index in [0.29, 0.717) is 6.04 Å². The number of anilines is 1. The molecule has 1 aromatic carbocycles. The molecule has 1 aromatic rings. The summed E-state index contributed by atoms with van der Waals surface area (Å²) in [5, 5.41) is 0. The van der Waals surface area contributed by atoms with Gasteiger partial charge in [0.25, 0.3) is 0 Å². The van der Waals surface area contributed by atoms with Crippen molar-refractivity contribution in [3.63, 3.8) is 0 Å². The van der Waals surface area contributed by atoms with E-state index in [-0.39, 0.29) is 0 Å². The lowest BCUT2D eigenvalue weighted by Crippen LogP contribution is -2.19. The van der Waals surface area contributed by atoms with Crippen molar-refractivity contribution >= 4 is 5.69 Å². The molecule has 1 atom stereocenters. The molecule has 0 spiro atoms. The van der Waals surface area contributed by atoms with Crippen molar-refractivity contribution < 1.29 is 0 Å². The summed E-state index contributed by atoms with van der Waals surface area (Å²) in [5.74, 6) is 0. The summed E-state index contributed by atoms with van der Waals surface area (Å²) >= 11 is 0. The van der Waals surface area contributed by atoms with Crippen molar-refractivity contribution in [3.05, 3.63) is 29.8 Å². The van der Waals surface area contributed by atoms with Crippen LogP contribution in [0.25, 0.3) is 0 Å². The average molecular weight is 230 g/mol. The van der Waals surface area contributed by atoms with Crippen LogP contribution in [0, 0.1) is 0 Å². The maximum atomic E-state index is 2.50. The van der Waals surface area contributed by atoms with Crippen molar-refractivity contribution in [2.24, 2.45) is 0 Å². The van der Waals surface area contributed by atoms with Gasteiger partial charge in [0, 0.05) is 24.8 Å². The highest BCUT2D eigenvalue weighted by Gasteiger charge is 2.22. The highest BCUT2D eigenvalue weighted by atomic mass is 15.2. The lowest BCUT2D eigenvalue weighted by Gasteiger charge is -2.22. The standard InChI is InChI=1S/C15H22N2/c1-16-10-4-5-15(16)13-6-8-14(9-7-13)17-11-2-3-12-17/h6-9,15H,2-5,10-12H2,1H3. The third-order valence-electron chi connectivity index (χ3n) is 4.27. The van der Waals surface area contributed by atoms with E-state index in [1.165, 1.54) is 56.6 Å². The Kier molecular flexibility index (Phi) is 3.06. The van der Waals surface area contributed by atoms with Gasteiger partial charge in [-0.05, 0) is 57.0 Å². The maximum Gasteiger partial charge on any atom is 0.0366 e. The minimum absolute atomic E-state index is 0.655. The van der Waals surface area contributed by atoms with Crippen molar-refractivity contribution in [2.45, 2.75) is 31.7 Å². The molecule has 0 N–H and O–H groups in total. The van der Waals surface area contributed by atoms with E-state index < -0.39 is 0 Å². The topological polar surface area (TPSA) is 6.48 Å². The van der Waals surface area contributed by atoms with Gasteiger partial charge in [-0.3, -0.25) is 4.90 Å². The summed E-state index contributed by atoms with van der Waals surface area (Å²) in [6.07, 6.45) is 5.37. The van der Waals surface area contributed by atoms with Gasteiger partial charge in [-0.25, -0.2) is 0 Å². The van der Waals surface area contributed by atoms with E-state index in [2.05, 4.69) is 41.1 Å². The van der Waals surface area contributed by atoms with E-state index in [4.69, 9.17) is 0 Å². The fourth-order valence-electron chi connectivity index (χ4n) is 3.21. The minimum Gasteiger partial charge on any atom is -0.372 e. The van der Waals surface area contributed by atoms with Crippen LogP contribution in [0.1, 0.15) is 37.3 Å². The Morgan fingerprint density at radius 2 is 1.65 bits per heavy atom. The summed E-state index contributed by atoms with van der Waals surface area (Å²) in [6, 6.07) is 9.95. The molecule has 1 unspecified atom stereocenters. The van der Waals surface area contributed by atoms with Gasteiger partial charge in [0.1, 0.15) is 0 Å². The molecule has 0 aromatic heterocycles. The summed E-state index contributed by atoms with van der Waals surface area (Å²) in [7, 11) is 2.24. The summed E-state index contributed by atoms with van der Waals surface area (Å²) < 4.78 is 0. The Bertz CT molecular complexity index is 365. The second kappa shape index (κ2) is 4.69. The molecule has 0 radical (unpaired) electrons. The molecule has 92 valence electrons. The predicted molar refractivity (Wildman–Crippen MR) is 72.5 cm³/mol. The first-order valence-electron chi connectivity index (χ1n) is 6.90. The Labute approximate surface area is 104 Å². The first-order chi connectivity index (χ1) is 8.34. The van der Waals surface area contributed by atoms with E-state index in [0.717, 1.165) is 0 Å². The fraction of sp³-hybridized carbons (Fsp3) is 0.600. The lowest BCUT2D eigenvalue weighted by atomic mass is 10.0. The number of rotatable bonds is 2. The summed E-state index contributed by atoms with van der Waals surface area (Å²) in [5.41, 5.74) is 2.90. The second-order valence-corrected chi connectivity index (χ2v) is 5.42. The number of benzene rings is 1. The molecule has 0 aliphatic carbocycles. The third kappa shape index (κ3) is 2.19. The van der Waals surface area contributed by atoms with Gasteiger partial charge < -0.3 is 4.90 Å². The van der Waals surface area contributed by atoms with Crippen LogP contribution in [0.5, 0.6) is 0 Å². The molecule has 0 amide bonds. The van der Waals surface area contributed by atoms with Gasteiger partial charge in [0.2, 0.25) is 0 Å². The molecular weight excluding hydrogens is 208 g/mol. The second-order valence-electron chi connectivity index (χ2n) is 5.42. The van der Waals surface area contributed by atoms with Gasteiger partial charge in [0.15, 0.2) is 0 Å². The molecule has 2 heterocycles. The molecule has 0 bridgehead atoms. The van der Waals surface area contributed by atoms with Crippen molar-refractivity contribution in [1.29, 1.82) is 0 Å². The van der Waals surface area contributed by atoms with E-state index >= 15 is 0 Å². The SMILES string of the molecule is CN1CCCC1c1ccc(N2CCCC2)cc1. The zero-order valence-electron chi connectivity index (χ0n) is 10.7. The summed E-state index contributed by atoms with van der Waals surface area (Å²) in [6.45, 7) is 3.73. The lowest BCUT2D eigenvalue weighted by molar-refractivity contribution is 0.317. The van der Waals surface area contributed by atoms with Gasteiger partial charge in [-0.2, -0.15) is 0 Å². The van der Waals surface area contributed by atoms with E-state index in [1.807, 2.05) is 0 Å². The van der Waals surface area contributed by atoms with Gasteiger partial charge in [-0.1, -0.05) is 12.1 Å². The van der Waals surface area contributed by atoms with Crippen LogP contribution in [0.4, 0.5) is 5.69 Å². The zero-order valence-corrected chi connectivity index (χ0v) is 10.7. The van der Waals surface area contributed by atoms with Crippen molar-refractivity contribution in [2.75, 3.05) is 31.6 Å². The van der Waals surface area contributed by atoms with Crippen LogP contribution in [-0.2, 0) is 0 Å². The molecule has 2 aliphatic heterocycles. The van der Waals surface area contributed by atoms with Gasteiger partial charge >= 0.3 is 0 Å². The van der Waals surface area contributed by atoms with Crippen LogP contribution >= 0.6 is 0 Å². The molecule has 3 rings (SSSR count). The normalized spacial score (nSPS) is 25.7. The van der Waals surface area contributed by atoms with Gasteiger partial charge in [-0.15, -0.1) is 0 Å². The smallest absolute Gasteiger partial charge is 0.0366 e. The van der Waals surface area contributed by atoms with Crippen LogP contribution in [0.3, 0.4) is 0 Å². The Morgan fingerprint density at radius 3 is 2.24 bits per heavy atom. The molecule has 2 heteroatoms. The summed E-state index contributed by atoms with van der Waals surface area (Å²) in [4.78, 5) is 4.98. The van der Waals surface area contributed by atoms with Crippen LogP contribution in [-0.4, -0.2) is 31.6 Å². The van der Waals surface area contributed by atoms with Crippen molar-refractivity contribution in [3.8, 4) is 0 Å². The number of likely N-dealkylation sites (tertiary alicyclic amines) is 1. The molecular formula is C15H22N2. The van der Waals surface area contributed by atoms with Gasteiger partial charge in [0.05, 0.1) is 0 Å². The quantitative estimate of drug-likeness (QED) is 0.770. The number of hydrogen-bond acceptors (Lipinski definition) is 2.